The van der Waals surface area contributed by atoms with Crippen molar-refractivity contribution in [1.82, 2.24) is 9.97 Å². The molecule has 1 saturated carbocycles. The monoisotopic (exact) mass is 331 g/mol. The first kappa shape index (κ1) is 15.3. The molecular weight excluding hydrogens is 312 g/mol. The molecule has 0 unspecified atom stereocenters. The van der Waals surface area contributed by atoms with E-state index in [1.807, 2.05) is 12.3 Å². The molecule has 0 radical (unpaired) electrons. The summed E-state index contributed by atoms with van der Waals surface area (Å²) in [6.07, 6.45) is 5.68. The van der Waals surface area contributed by atoms with Crippen molar-refractivity contribution in [1.29, 1.82) is 0 Å². The third kappa shape index (κ3) is 3.32. The summed E-state index contributed by atoms with van der Waals surface area (Å²) in [6.45, 7) is 1.60. The van der Waals surface area contributed by atoms with Gasteiger partial charge in [0.15, 0.2) is 11.6 Å². The van der Waals surface area contributed by atoms with E-state index in [1.165, 1.54) is 25.0 Å². The van der Waals surface area contributed by atoms with E-state index in [2.05, 4.69) is 14.9 Å². The van der Waals surface area contributed by atoms with Crippen LogP contribution in [0.4, 0.5) is 14.6 Å². The molecule has 0 N–H and O–H groups in total. The highest BCUT2D eigenvalue weighted by atomic mass is 19.1. The van der Waals surface area contributed by atoms with Crippen LogP contribution in [0.5, 0.6) is 5.75 Å². The van der Waals surface area contributed by atoms with Crippen LogP contribution in [-0.2, 0) is 0 Å². The number of piperidine rings is 1. The normalized spacial score (nSPS) is 18.7. The highest BCUT2D eigenvalue weighted by molar-refractivity contribution is 5.38. The lowest BCUT2D eigenvalue weighted by atomic mass is 10.1. The Morgan fingerprint density at radius 2 is 1.83 bits per heavy atom. The first-order chi connectivity index (χ1) is 11.7. The van der Waals surface area contributed by atoms with Gasteiger partial charge in [0.1, 0.15) is 23.6 Å². The van der Waals surface area contributed by atoms with E-state index in [1.54, 1.807) is 0 Å². The minimum absolute atomic E-state index is 0.0639. The van der Waals surface area contributed by atoms with Gasteiger partial charge in [-0.05, 0) is 31.0 Å². The van der Waals surface area contributed by atoms with Crippen LogP contribution in [-0.4, -0.2) is 29.2 Å². The van der Waals surface area contributed by atoms with E-state index >= 15 is 0 Å². The number of hydrogen-bond acceptors (Lipinski definition) is 4. The molecule has 1 aliphatic carbocycles. The molecule has 2 fully saturated rings. The van der Waals surface area contributed by atoms with E-state index in [0.29, 0.717) is 5.92 Å². The average Bonchev–Trinajstić information content (AvgIpc) is 3.43. The molecule has 0 atom stereocenters. The van der Waals surface area contributed by atoms with Gasteiger partial charge < -0.3 is 9.64 Å². The summed E-state index contributed by atoms with van der Waals surface area (Å²) in [7, 11) is 0. The average molecular weight is 331 g/mol. The second-order valence-corrected chi connectivity index (χ2v) is 6.43. The Kier molecular flexibility index (Phi) is 4.04. The van der Waals surface area contributed by atoms with Crippen molar-refractivity contribution >= 4 is 5.82 Å². The van der Waals surface area contributed by atoms with Crippen LogP contribution in [0, 0.1) is 11.6 Å². The van der Waals surface area contributed by atoms with E-state index in [-0.39, 0.29) is 11.9 Å². The summed E-state index contributed by atoms with van der Waals surface area (Å²) < 4.78 is 32.3. The fraction of sp³-hybridized carbons (Fsp3) is 0.444. The number of rotatable bonds is 4. The van der Waals surface area contributed by atoms with Crippen molar-refractivity contribution in [3.63, 3.8) is 0 Å². The first-order valence-electron chi connectivity index (χ1n) is 8.38. The molecule has 24 heavy (non-hydrogen) atoms. The molecule has 1 aromatic carbocycles. The maximum absolute atomic E-state index is 13.7. The van der Waals surface area contributed by atoms with Crippen LogP contribution in [0.3, 0.4) is 0 Å². The molecule has 4 rings (SSSR count). The van der Waals surface area contributed by atoms with Crippen molar-refractivity contribution in [2.75, 3.05) is 18.0 Å². The lowest BCUT2D eigenvalue weighted by molar-refractivity contribution is 0.163. The summed E-state index contributed by atoms with van der Waals surface area (Å²) in [6, 6.07) is 5.36. The van der Waals surface area contributed by atoms with Crippen LogP contribution in [0.1, 0.15) is 37.4 Å². The molecule has 2 aromatic rings. The zero-order chi connectivity index (χ0) is 16.5. The summed E-state index contributed by atoms with van der Waals surface area (Å²) in [5.41, 5.74) is 0. The Bertz CT molecular complexity index is 728. The highest BCUT2D eigenvalue weighted by Gasteiger charge is 2.28. The predicted molar refractivity (Wildman–Crippen MR) is 86.2 cm³/mol. The minimum Gasteiger partial charge on any atom is -0.487 e. The van der Waals surface area contributed by atoms with Gasteiger partial charge in [0.2, 0.25) is 0 Å². The van der Waals surface area contributed by atoms with E-state index in [4.69, 9.17) is 4.74 Å². The van der Waals surface area contributed by atoms with Gasteiger partial charge >= 0.3 is 0 Å². The molecule has 4 nitrogen and oxygen atoms in total. The van der Waals surface area contributed by atoms with Crippen molar-refractivity contribution in [3.8, 4) is 5.75 Å². The van der Waals surface area contributed by atoms with Gasteiger partial charge in [-0.15, -0.1) is 0 Å². The number of ether oxygens (including phenoxy) is 1. The zero-order valence-corrected chi connectivity index (χ0v) is 13.3. The largest absolute Gasteiger partial charge is 0.487 e. The smallest absolute Gasteiger partial charge is 0.167 e. The number of anilines is 1. The van der Waals surface area contributed by atoms with Crippen molar-refractivity contribution in [2.24, 2.45) is 0 Å². The zero-order valence-electron chi connectivity index (χ0n) is 13.3. The molecule has 0 amide bonds. The van der Waals surface area contributed by atoms with Crippen LogP contribution in [0.15, 0.2) is 30.5 Å². The van der Waals surface area contributed by atoms with Crippen LogP contribution < -0.4 is 9.64 Å². The molecule has 0 bridgehead atoms. The Labute approximate surface area is 139 Å². The fourth-order valence-electron chi connectivity index (χ4n) is 3.03. The third-order valence-electron chi connectivity index (χ3n) is 4.56. The maximum atomic E-state index is 13.7. The number of aromatic nitrogens is 2. The topological polar surface area (TPSA) is 38.2 Å². The quantitative estimate of drug-likeness (QED) is 0.857. The third-order valence-corrected chi connectivity index (χ3v) is 4.56. The SMILES string of the molecule is Fc1ccc(OC2CCN(c3ccnc(C4CC4)n3)CC2)c(F)c1. The van der Waals surface area contributed by atoms with Gasteiger partial charge in [-0.3, -0.25) is 0 Å². The lowest BCUT2D eigenvalue weighted by Gasteiger charge is -2.33. The van der Waals surface area contributed by atoms with Crippen LogP contribution >= 0.6 is 0 Å². The molecule has 2 heterocycles. The summed E-state index contributed by atoms with van der Waals surface area (Å²) in [5.74, 6) is 1.31. The minimum atomic E-state index is -0.651. The van der Waals surface area contributed by atoms with Gasteiger partial charge in [-0.25, -0.2) is 18.7 Å². The summed E-state index contributed by atoms with van der Waals surface area (Å²) in [5, 5.41) is 0. The standard InChI is InChI=1S/C18H19F2N3O/c19-13-3-4-16(15(20)11-13)24-14-6-9-23(10-7-14)17-5-8-21-18(22-17)12-1-2-12/h3-5,8,11-12,14H,1-2,6-7,9-10H2. The first-order valence-corrected chi connectivity index (χ1v) is 8.38. The lowest BCUT2D eigenvalue weighted by Crippen LogP contribution is -2.38. The number of halogens is 2. The van der Waals surface area contributed by atoms with Gasteiger partial charge in [0.05, 0.1) is 0 Å². The molecule has 0 spiro atoms. The molecule has 1 aromatic heterocycles. The van der Waals surface area contributed by atoms with Gasteiger partial charge in [-0.1, -0.05) is 0 Å². The second kappa shape index (κ2) is 6.34. The molecular formula is C18H19F2N3O. The summed E-state index contributed by atoms with van der Waals surface area (Å²) >= 11 is 0. The van der Waals surface area contributed by atoms with Gasteiger partial charge in [-0.2, -0.15) is 0 Å². The van der Waals surface area contributed by atoms with E-state index < -0.39 is 11.6 Å². The maximum Gasteiger partial charge on any atom is 0.167 e. The molecule has 2 aliphatic rings. The Morgan fingerprint density at radius 1 is 1.04 bits per heavy atom. The van der Waals surface area contributed by atoms with Crippen LogP contribution in [0.25, 0.3) is 0 Å². The van der Waals surface area contributed by atoms with Gasteiger partial charge in [0, 0.05) is 44.1 Å². The summed E-state index contributed by atoms with van der Waals surface area (Å²) in [4.78, 5) is 11.2. The number of hydrogen-bond donors (Lipinski definition) is 0. The molecule has 1 aliphatic heterocycles. The van der Waals surface area contributed by atoms with Crippen molar-refractivity contribution in [2.45, 2.75) is 37.7 Å². The predicted octanol–water partition coefficient (Wildman–Crippen LogP) is 3.68. The fourth-order valence-corrected chi connectivity index (χ4v) is 3.03. The number of nitrogens with zero attached hydrogens (tertiary/aromatic N) is 3. The second-order valence-electron chi connectivity index (χ2n) is 6.43. The Balaban J connectivity index is 1.37. The van der Waals surface area contributed by atoms with Gasteiger partial charge in [0.25, 0.3) is 0 Å². The molecule has 6 heteroatoms. The van der Waals surface area contributed by atoms with E-state index in [9.17, 15) is 8.78 Å². The highest BCUT2D eigenvalue weighted by Crippen LogP contribution is 2.38. The van der Waals surface area contributed by atoms with Crippen molar-refractivity contribution in [3.05, 3.63) is 47.9 Å². The Hall–Kier alpha value is -2.24. The van der Waals surface area contributed by atoms with E-state index in [0.717, 1.165) is 43.6 Å². The van der Waals surface area contributed by atoms with Crippen molar-refractivity contribution < 1.29 is 13.5 Å². The molecule has 1 saturated heterocycles. The molecule has 126 valence electrons. The Morgan fingerprint density at radius 3 is 2.54 bits per heavy atom. The van der Waals surface area contributed by atoms with Crippen LogP contribution in [0.2, 0.25) is 0 Å². The number of benzene rings is 1.